The maximum absolute atomic E-state index is 8.43. The Morgan fingerprint density at radius 2 is 1.65 bits per heavy atom. The van der Waals surface area contributed by atoms with Crippen molar-refractivity contribution in [3.63, 3.8) is 0 Å². The third-order valence-electron chi connectivity index (χ3n) is 3.10. The van der Waals surface area contributed by atoms with Crippen LogP contribution in [0.15, 0.2) is 52.3 Å². The highest BCUT2D eigenvalue weighted by atomic mass is 35.5. The maximum atomic E-state index is 8.43. The molecule has 0 spiro atoms. The maximum Gasteiger partial charge on any atom is 0.0409 e. The molecule has 86 valence electrons. The van der Waals surface area contributed by atoms with E-state index >= 15 is 0 Å². The molecule has 0 bridgehead atoms. The number of halogens is 1. The van der Waals surface area contributed by atoms with Gasteiger partial charge in [0.25, 0.3) is 0 Å². The molecule has 0 radical (unpaired) electrons. The first-order chi connectivity index (χ1) is 8.25. The molecular weight excluding hydrogens is 250 g/mol. The zero-order valence-electron chi connectivity index (χ0n) is 9.24. The van der Waals surface area contributed by atoms with Crippen LogP contribution in [0.4, 0.5) is 0 Å². The zero-order chi connectivity index (χ0) is 11.8. The predicted molar refractivity (Wildman–Crippen MR) is 71.9 cm³/mol. The van der Waals surface area contributed by atoms with E-state index in [1.54, 1.807) is 0 Å². The van der Waals surface area contributed by atoms with Crippen LogP contribution < -0.4 is 0 Å². The molecular formula is C14H12ClNS. The number of rotatable bonds is 0. The number of benzene rings is 2. The van der Waals surface area contributed by atoms with Gasteiger partial charge in [-0.3, -0.25) is 4.78 Å². The molecule has 0 aliphatic carbocycles. The summed E-state index contributed by atoms with van der Waals surface area (Å²) >= 11 is 6.03. The molecule has 3 rings (SSSR count). The molecule has 0 fully saturated rings. The van der Waals surface area contributed by atoms with Gasteiger partial charge in [-0.05, 0) is 58.9 Å². The van der Waals surface area contributed by atoms with Crippen molar-refractivity contribution >= 4 is 22.3 Å². The summed E-state index contributed by atoms with van der Waals surface area (Å²) < 4.78 is 8.43. The molecule has 0 amide bonds. The highest BCUT2D eigenvalue weighted by Crippen LogP contribution is 2.30. The molecule has 1 N–H and O–H groups in total. The highest BCUT2D eigenvalue weighted by molar-refractivity contribution is 7.86. The minimum atomic E-state index is -0.574. The Labute approximate surface area is 108 Å². The fourth-order valence-corrected chi connectivity index (χ4v) is 3.95. The zero-order valence-corrected chi connectivity index (χ0v) is 10.8. The van der Waals surface area contributed by atoms with E-state index in [1.165, 1.54) is 11.1 Å². The largest absolute Gasteiger partial charge is 0.271 e. The summed E-state index contributed by atoms with van der Waals surface area (Å²) in [6.45, 7) is 0. The molecule has 1 atom stereocenters. The lowest BCUT2D eigenvalue weighted by Gasteiger charge is -2.09. The molecule has 1 aliphatic heterocycles. The van der Waals surface area contributed by atoms with Crippen molar-refractivity contribution in [2.24, 2.45) is 0 Å². The van der Waals surface area contributed by atoms with Crippen LogP contribution >= 0.6 is 11.6 Å². The fourth-order valence-electron chi connectivity index (χ4n) is 2.24. The summed E-state index contributed by atoms with van der Waals surface area (Å²) in [6.07, 6.45) is 1.99. The van der Waals surface area contributed by atoms with Gasteiger partial charge in [-0.25, -0.2) is 0 Å². The Morgan fingerprint density at radius 1 is 0.941 bits per heavy atom. The molecule has 1 nitrogen and oxygen atoms in total. The van der Waals surface area contributed by atoms with Crippen LogP contribution in [0, 0.1) is 4.78 Å². The molecule has 2 aromatic rings. The van der Waals surface area contributed by atoms with Crippen LogP contribution in [0.5, 0.6) is 0 Å². The van der Waals surface area contributed by atoms with Crippen molar-refractivity contribution in [3.8, 4) is 0 Å². The molecule has 17 heavy (non-hydrogen) atoms. The normalized spacial score (nSPS) is 18.1. The quantitative estimate of drug-likeness (QED) is 0.734. The predicted octanol–water partition coefficient (Wildman–Crippen LogP) is 4.24. The van der Waals surface area contributed by atoms with Crippen LogP contribution in [-0.4, -0.2) is 0 Å². The van der Waals surface area contributed by atoms with Crippen molar-refractivity contribution in [2.75, 3.05) is 0 Å². The molecule has 3 heteroatoms. The van der Waals surface area contributed by atoms with E-state index in [-0.39, 0.29) is 0 Å². The number of fused-ring (bicyclic) bond motifs is 2. The van der Waals surface area contributed by atoms with Crippen LogP contribution in [0.1, 0.15) is 11.1 Å². The summed E-state index contributed by atoms with van der Waals surface area (Å²) in [5.74, 6) is 0. The SMILES string of the molecule is N=S1c2ccccc2CCc2cc(Cl)ccc21. The topological polar surface area (TPSA) is 23.9 Å². The first-order valence-corrected chi connectivity index (χ1v) is 7.18. The van der Waals surface area contributed by atoms with E-state index in [4.69, 9.17) is 16.4 Å². The van der Waals surface area contributed by atoms with E-state index in [9.17, 15) is 0 Å². The first kappa shape index (κ1) is 11.0. The molecule has 0 saturated carbocycles. The van der Waals surface area contributed by atoms with Gasteiger partial charge in [0.05, 0.1) is 0 Å². The van der Waals surface area contributed by atoms with Gasteiger partial charge in [0.15, 0.2) is 0 Å². The second kappa shape index (κ2) is 4.28. The van der Waals surface area contributed by atoms with Gasteiger partial charge in [-0.1, -0.05) is 29.8 Å². The van der Waals surface area contributed by atoms with E-state index in [1.807, 2.05) is 24.3 Å². The summed E-state index contributed by atoms with van der Waals surface area (Å²) in [4.78, 5) is 2.29. The molecule has 1 aliphatic rings. The number of nitrogens with one attached hydrogen (secondary N) is 1. The van der Waals surface area contributed by atoms with E-state index in [2.05, 4.69) is 18.2 Å². The Bertz CT molecular complexity index is 607. The highest BCUT2D eigenvalue weighted by Gasteiger charge is 2.16. The van der Waals surface area contributed by atoms with Crippen LogP contribution in [0.3, 0.4) is 0 Å². The van der Waals surface area contributed by atoms with Gasteiger partial charge in [0.2, 0.25) is 0 Å². The molecule has 1 heterocycles. The minimum Gasteiger partial charge on any atom is -0.271 e. The van der Waals surface area contributed by atoms with Gasteiger partial charge >= 0.3 is 0 Å². The molecule has 2 aromatic carbocycles. The first-order valence-electron chi connectivity index (χ1n) is 5.57. The molecule has 0 saturated heterocycles. The third-order valence-corrected chi connectivity index (χ3v) is 5.01. The van der Waals surface area contributed by atoms with Gasteiger partial charge in [0.1, 0.15) is 0 Å². The lowest BCUT2D eigenvalue weighted by molar-refractivity contribution is 0.928. The smallest absolute Gasteiger partial charge is 0.0409 e. The van der Waals surface area contributed by atoms with Gasteiger partial charge in [-0.15, -0.1) is 0 Å². The monoisotopic (exact) mass is 261 g/mol. The third kappa shape index (κ3) is 1.92. The minimum absolute atomic E-state index is 0.574. The summed E-state index contributed by atoms with van der Waals surface area (Å²) in [7, 11) is -0.574. The van der Waals surface area contributed by atoms with Gasteiger partial charge < -0.3 is 0 Å². The average Bonchev–Trinajstić information content (AvgIpc) is 2.48. The standard InChI is InChI=1S/C14H12ClNS/c15-12-7-8-14-11(9-12)6-5-10-3-1-2-4-13(10)17(14)16/h1-4,7-9,16H,5-6H2. The van der Waals surface area contributed by atoms with Crippen LogP contribution in [0.2, 0.25) is 5.02 Å². The Kier molecular flexibility index (Phi) is 2.77. The number of aryl methyl sites for hydroxylation is 2. The van der Waals surface area contributed by atoms with Gasteiger partial charge in [0, 0.05) is 14.8 Å². The van der Waals surface area contributed by atoms with Crippen molar-refractivity contribution in [3.05, 3.63) is 58.6 Å². The van der Waals surface area contributed by atoms with E-state index in [0.717, 1.165) is 27.7 Å². The lowest BCUT2D eigenvalue weighted by atomic mass is 10.0. The average molecular weight is 262 g/mol. The second-order valence-corrected chi connectivity index (χ2v) is 6.09. The van der Waals surface area contributed by atoms with Crippen LogP contribution in [-0.2, 0) is 23.5 Å². The van der Waals surface area contributed by atoms with E-state index < -0.39 is 10.7 Å². The van der Waals surface area contributed by atoms with Crippen molar-refractivity contribution < 1.29 is 0 Å². The summed E-state index contributed by atoms with van der Waals surface area (Å²) in [6, 6.07) is 14.2. The van der Waals surface area contributed by atoms with E-state index in [0.29, 0.717) is 0 Å². The second-order valence-electron chi connectivity index (χ2n) is 4.17. The van der Waals surface area contributed by atoms with Crippen molar-refractivity contribution in [1.82, 2.24) is 0 Å². The Balaban J connectivity index is 2.20. The Hall–Kier alpha value is -1.12. The van der Waals surface area contributed by atoms with Crippen molar-refractivity contribution in [1.29, 1.82) is 4.78 Å². The number of hydrogen-bond acceptors (Lipinski definition) is 1. The lowest BCUT2D eigenvalue weighted by Crippen LogP contribution is -1.94. The number of hydrogen-bond donors (Lipinski definition) is 1. The van der Waals surface area contributed by atoms with Gasteiger partial charge in [-0.2, -0.15) is 0 Å². The van der Waals surface area contributed by atoms with Crippen molar-refractivity contribution in [2.45, 2.75) is 22.6 Å². The molecule has 1 unspecified atom stereocenters. The summed E-state index contributed by atoms with van der Waals surface area (Å²) in [5.41, 5.74) is 2.53. The Morgan fingerprint density at radius 3 is 2.53 bits per heavy atom. The van der Waals surface area contributed by atoms with Crippen LogP contribution in [0.25, 0.3) is 0 Å². The molecule has 0 aromatic heterocycles. The summed E-state index contributed by atoms with van der Waals surface area (Å²) in [5, 5.41) is 0.770. The fraction of sp³-hybridized carbons (Fsp3) is 0.143.